The average molecular weight is 373 g/mol. The highest BCUT2D eigenvalue weighted by molar-refractivity contribution is 5.93. The Morgan fingerprint density at radius 3 is 2.39 bits per heavy atom. The number of anilines is 3. The van der Waals surface area contributed by atoms with Gasteiger partial charge in [-0.2, -0.15) is 0 Å². The Labute approximate surface area is 165 Å². The van der Waals surface area contributed by atoms with Gasteiger partial charge in [-0.1, -0.05) is 48.5 Å². The Balaban J connectivity index is 1.53. The number of carbonyl (C=O) groups is 1. The molecule has 28 heavy (non-hydrogen) atoms. The molecule has 1 aliphatic rings. The molecular weight excluding hydrogens is 350 g/mol. The van der Waals surface area contributed by atoms with E-state index in [2.05, 4.69) is 39.5 Å². The van der Waals surface area contributed by atoms with Gasteiger partial charge in [0.1, 0.15) is 11.9 Å². The number of ether oxygens (including phenoxy) is 1. The van der Waals surface area contributed by atoms with Gasteiger partial charge in [-0.15, -0.1) is 0 Å². The minimum absolute atomic E-state index is 0.123. The molecule has 1 unspecified atom stereocenters. The van der Waals surface area contributed by atoms with Gasteiger partial charge >= 0.3 is 0 Å². The number of rotatable bonds is 6. The fourth-order valence-electron chi connectivity index (χ4n) is 3.32. The maximum Gasteiger partial charge on any atom is 0.254 e. The second kappa shape index (κ2) is 8.67. The monoisotopic (exact) mass is 373 g/mol. The number of hydrogen-bond donors (Lipinski definition) is 1. The largest absolute Gasteiger partial charge is 0.368 e. The standard InChI is InChI=1S/C23H23N3O2/c27-23(21-12-7-15-28-21)25-22-14-13-20(16-24-22)26(19-10-5-2-6-11-19)17-18-8-3-1-4-9-18/h1-6,8-11,13-14,16,21H,7,12,15,17H2,(H,24,25,27). The van der Waals surface area contributed by atoms with Crippen LogP contribution in [0.5, 0.6) is 0 Å². The molecule has 4 rings (SSSR count). The first-order valence-electron chi connectivity index (χ1n) is 9.54. The number of nitrogens with one attached hydrogen (secondary N) is 1. The lowest BCUT2D eigenvalue weighted by molar-refractivity contribution is -0.124. The molecule has 3 aromatic rings. The lowest BCUT2D eigenvalue weighted by atomic mass is 10.2. The topological polar surface area (TPSA) is 54.5 Å². The molecule has 1 fully saturated rings. The van der Waals surface area contributed by atoms with Gasteiger partial charge in [0.15, 0.2) is 0 Å². The third-order valence-electron chi connectivity index (χ3n) is 4.78. The van der Waals surface area contributed by atoms with Gasteiger partial charge in [0.25, 0.3) is 5.91 Å². The first-order chi connectivity index (χ1) is 13.8. The molecule has 0 spiro atoms. The molecule has 0 aliphatic carbocycles. The van der Waals surface area contributed by atoms with Crippen LogP contribution in [0.15, 0.2) is 79.0 Å². The highest BCUT2D eigenvalue weighted by atomic mass is 16.5. The van der Waals surface area contributed by atoms with Crippen molar-refractivity contribution in [3.63, 3.8) is 0 Å². The van der Waals surface area contributed by atoms with Gasteiger partial charge in [0, 0.05) is 18.8 Å². The zero-order valence-electron chi connectivity index (χ0n) is 15.6. The van der Waals surface area contributed by atoms with E-state index in [1.54, 1.807) is 6.20 Å². The summed E-state index contributed by atoms with van der Waals surface area (Å²) >= 11 is 0. The molecule has 5 nitrogen and oxygen atoms in total. The molecule has 5 heteroatoms. The van der Waals surface area contributed by atoms with E-state index in [0.717, 1.165) is 30.8 Å². The molecule has 2 aromatic carbocycles. The van der Waals surface area contributed by atoms with Crippen LogP contribution >= 0.6 is 0 Å². The fourth-order valence-corrected chi connectivity index (χ4v) is 3.32. The van der Waals surface area contributed by atoms with Crippen LogP contribution in [0.3, 0.4) is 0 Å². The SMILES string of the molecule is O=C(Nc1ccc(N(Cc2ccccc2)c2ccccc2)cn1)C1CCCO1. The van der Waals surface area contributed by atoms with Crippen molar-refractivity contribution >= 4 is 23.1 Å². The van der Waals surface area contributed by atoms with Crippen molar-refractivity contribution in [2.45, 2.75) is 25.5 Å². The summed E-state index contributed by atoms with van der Waals surface area (Å²) < 4.78 is 5.43. The zero-order valence-corrected chi connectivity index (χ0v) is 15.6. The van der Waals surface area contributed by atoms with E-state index in [4.69, 9.17) is 4.74 Å². The molecule has 1 N–H and O–H groups in total. The summed E-state index contributed by atoms with van der Waals surface area (Å²) in [5.41, 5.74) is 3.26. The predicted octanol–water partition coefficient (Wildman–Crippen LogP) is 4.54. The molecule has 142 valence electrons. The molecule has 0 radical (unpaired) electrons. The van der Waals surface area contributed by atoms with Crippen LogP contribution in [0.2, 0.25) is 0 Å². The van der Waals surface area contributed by atoms with Crippen LogP contribution in [-0.2, 0) is 16.1 Å². The smallest absolute Gasteiger partial charge is 0.254 e. The van der Waals surface area contributed by atoms with E-state index >= 15 is 0 Å². The van der Waals surface area contributed by atoms with Gasteiger partial charge in [-0.3, -0.25) is 4.79 Å². The van der Waals surface area contributed by atoms with Crippen molar-refractivity contribution in [1.29, 1.82) is 0 Å². The number of amides is 1. The maximum atomic E-state index is 12.2. The second-order valence-corrected chi connectivity index (χ2v) is 6.80. The van der Waals surface area contributed by atoms with Gasteiger partial charge in [-0.05, 0) is 42.7 Å². The Hall–Kier alpha value is -3.18. The van der Waals surface area contributed by atoms with Crippen LogP contribution in [0, 0.1) is 0 Å². The average Bonchev–Trinajstić information content (AvgIpc) is 3.29. The second-order valence-electron chi connectivity index (χ2n) is 6.80. The van der Waals surface area contributed by atoms with E-state index in [1.807, 2.05) is 48.5 Å². The highest BCUT2D eigenvalue weighted by Crippen LogP contribution is 2.27. The molecule has 0 bridgehead atoms. The summed E-state index contributed by atoms with van der Waals surface area (Å²) in [6.07, 6.45) is 3.13. The number of benzene rings is 2. The first-order valence-corrected chi connectivity index (χ1v) is 9.54. The van der Waals surface area contributed by atoms with Crippen molar-refractivity contribution in [2.24, 2.45) is 0 Å². The summed E-state index contributed by atoms with van der Waals surface area (Å²) in [6.45, 7) is 1.38. The number of nitrogens with zero attached hydrogens (tertiary/aromatic N) is 2. The van der Waals surface area contributed by atoms with Crippen molar-refractivity contribution < 1.29 is 9.53 Å². The Kier molecular flexibility index (Phi) is 5.64. The highest BCUT2D eigenvalue weighted by Gasteiger charge is 2.23. The van der Waals surface area contributed by atoms with Crippen LogP contribution in [0.4, 0.5) is 17.2 Å². The number of hydrogen-bond acceptors (Lipinski definition) is 4. The predicted molar refractivity (Wildman–Crippen MR) is 111 cm³/mol. The Morgan fingerprint density at radius 1 is 1.00 bits per heavy atom. The number of pyridine rings is 1. The van der Waals surface area contributed by atoms with E-state index < -0.39 is 0 Å². The van der Waals surface area contributed by atoms with Crippen molar-refractivity contribution in [3.8, 4) is 0 Å². The minimum Gasteiger partial charge on any atom is -0.368 e. The van der Waals surface area contributed by atoms with E-state index in [1.165, 1.54) is 5.56 Å². The third kappa shape index (κ3) is 4.38. The van der Waals surface area contributed by atoms with Gasteiger partial charge in [-0.25, -0.2) is 4.98 Å². The van der Waals surface area contributed by atoms with Crippen LogP contribution < -0.4 is 10.2 Å². The Bertz CT molecular complexity index is 892. The zero-order chi connectivity index (χ0) is 19.2. The van der Waals surface area contributed by atoms with Crippen molar-refractivity contribution in [1.82, 2.24) is 4.98 Å². The van der Waals surface area contributed by atoms with Crippen molar-refractivity contribution in [3.05, 3.63) is 84.6 Å². The van der Waals surface area contributed by atoms with E-state index in [9.17, 15) is 4.79 Å². The lowest BCUT2D eigenvalue weighted by Crippen LogP contribution is -2.27. The summed E-state index contributed by atoms with van der Waals surface area (Å²) in [7, 11) is 0. The summed E-state index contributed by atoms with van der Waals surface area (Å²) in [5.74, 6) is 0.416. The molecule has 1 aromatic heterocycles. The van der Waals surface area contributed by atoms with E-state index in [-0.39, 0.29) is 12.0 Å². The fraction of sp³-hybridized carbons (Fsp3) is 0.217. The van der Waals surface area contributed by atoms with Gasteiger partial charge < -0.3 is 15.0 Å². The molecular formula is C23H23N3O2. The lowest BCUT2D eigenvalue weighted by Gasteiger charge is -2.25. The molecule has 0 saturated carbocycles. The number of carbonyl (C=O) groups excluding carboxylic acids is 1. The van der Waals surface area contributed by atoms with Crippen LogP contribution in [0.1, 0.15) is 18.4 Å². The minimum atomic E-state index is -0.361. The van der Waals surface area contributed by atoms with Crippen molar-refractivity contribution in [2.75, 3.05) is 16.8 Å². The number of para-hydroxylation sites is 1. The molecule has 1 saturated heterocycles. The molecule has 1 amide bonds. The summed E-state index contributed by atoms with van der Waals surface area (Å²) in [4.78, 5) is 18.9. The molecule has 1 atom stereocenters. The maximum absolute atomic E-state index is 12.2. The van der Waals surface area contributed by atoms with E-state index in [0.29, 0.717) is 12.4 Å². The summed E-state index contributed by atoms with van der Waals surface area (Å²) in [5, 5.41) is 2.85. The van der Waals surface area contributed by atoms with Gasteiger partial charge in [0.05, 0.1) is 11.9 Å². The summed E-state index contributed by atoms with van der Waals surface area (Å²) in [6, 6.07) is 24.4. The molecule has 2 heterocycles. The van der Waals surface area contributed by atoms with Gasteiger partial charge in [0.2, 0.25) is 0 Å². The molecule has 1 aliphatic heterocycles. The number of aromatic nitrogens is 1. The first kappa shape index (κ1) is 18.2. The van der Waals surface area contributed by atoms with Crippen LogP contribution in [-0.4, -0.2) is 23.6 Å². The Morgan fingerprint density at radius 2 is 1.75 bits per heavy atom. The normalized spacial score (nSPS) is 15.9. The quantitative estimate of drug-likeness (QED) is 0.689. The third-order valence-corrected chi connectivity index (χ3v) is 4.78. The van der Waals surface area contributed by atoms with Crippen LogP contribution in [0.25, 0.3) is 0 Å².